The Balaban J connectivity index is 1.35. The van der Waals surface area contributed by atoms with Crippen LogP contribution in [0.15, 0.2) is 48.8 Å². The van der Waals surface area contributed by atoms with Gasteiger partial charge in [-0.2, -0.15) is 5.10 Å². The molecule has 7 heteroatoms. The predicted molar refractivity (Wildman–Crippen MR) is 122 cm³/mol. The van der Waals surface area contributed by atoms with Crippen LogP contribution in [0.1, 0.15) is 46.3 Å². The van der Waals surface area contributed by atoms with Crippen LogP contribution in [0.5, 0.6) is 0 Å². The Labute approximate surface area is 188 Å². The molecule has 5 rings (SSSR count). The summed E-state index contributed by atoms with van der Waals surface area (Å²) in [5.74, 6) is 1.00. The summed E-state index contributed by atoms with van der Waals surface area (Å²) in [6.07, 6.45) is 2.61. The number of aryl methyl sites for hydroxylation is 1. The van der Waals surface area contributed by atoms with Crippen molar-refractivity contribution >= 4 is 5.91 Å². The van der Waals surface area contributed by atoms with Gasteiger partial charge in [0.1, 0.15) is 6.33 Å². The number of aromatic nitrogens is 3. The van der Waals surface area contributed by atoms with Gasteiger partial charge in [0.05, 0.1) is 6.10 Å². The van der Waals surface area contributed by atoms with E-state index in [0.717, 1.165) is 41.9 Å². The maximum atomic E-state index is 13.3. The molecule has 1 amide bonds. The van der Waals surface area contributed by atoms with E-state index in [2.05, 4.69) is 40.5 Å². The molecule has 166 valence electrons. The standard InChI is InChI=1S/C25H29N5O2/c1-3-16-13-30(14-23(31)22-11-17-6-4-5-7-19(17)12-26-22)25(32)20-9-8-18(10-21(16)20)24-27-15-28-29(24)2/h4-10,15-16,22-23,26,31H,3,11-14H2,1-2H3/t16-,22-,23+/m0/s1. The summed E-state index contributed by atoms with van der Waals surface area (Å²) in [5, 5.41) is 18.6. The van der Waals surface area contributed by atoms with Crippen LogP contribution in [0, 0.1) is 0 Å². The fourth-order valence-electron chi connectivity index (χ4n) is 5.02. The van der Waals surface area contributed by atoms with Gasteiger partial charge < -0.3 is 15.3 Å². The average Bonchev–Trinajstić information content (AvgIpc) is 3.26. The number of β-amino-alcohol motifs (C(OH)–C–C–N with tert-alkyl or cyclic N) is 1. The number of nitrogens with zero attached hydrogens (tertiary/aromatic N) is 4. The highest BCUT2D eigenvalue weighted by Gasteiger charge is 2.34. The van der Waals surface area contributed by atoms with Crippen molar-refractivity contribution < 1.29 is 9.90 Å². The molecule has 2 N–H and O–H groups in total. The minimum Gasteiger partial charge on any atom is -0.390 e. The van der Waals surface area contributed by atoms with E-state index < -0.39 is 6.10 Å². The van der Waals surface area contributed by atoms with Gasteiger partial charge in [-0.15, -0.1) is 0 Å². The molecule has 2 aliphatic rings. The normalized spacial score (nSPS) is 21.2. The Morgan fingerprint density at radius 2 is 2.03 bits per heavy atom. The highest BCUT2D eigenvalue weighted by Crippen LogP contribution is 2.34. The van der Waals surface area contributed by atoms with Crippen molar-refractivity contribution in [3.8, 4) is 11.4 Å². The summed E-state index contributed by atoms with van der Waals surface area (Å²) < 4.78 is 1.74. The fourth-order valence-corrected chi connectivity index (χ4v) is 5.02. The monoisotopic (exact) mass is 431 g/mol. The molecule has 0 radical (unpaired) electrons. The van der Waals surface area contributed by atoms with Crippen LogP contribution in [-0.2, 0) is 20.0 Å². The second-order valence-electron chi connectivity index (χ2n) is 8.85. The smallest absolute Gasteiger partial charge is 0.254 e. The van der Waals surface area contributed by atoms with Gasteiger partial charge >= 0.3 is 0 Å². The Morgan fingerprint density at radius 1 is 1.22 bits per heavy atom. The van der Waals surface area contributed by atoms with Crippen LogP contribution < -0.4 is 5.32 Å². The number of fused-ring (bicyclic) bond motifs is 2. The zero-order chi connectivity index (χ0) is 22.2. The van der Waals surface area contributed by atoms with Gasteiger partial charge in [-0.05, 0) is 41.7 Å². The topological polar surface area (TPSA) is 83.3 Å². The number of benzene rings is 2. The zero-order valence-electron chi connectivity index (χ0n) is 18.5. The first kappa shape index (κ1) is 20.8. The Morgan fingerprint density at radius 3 is 2.78 bits per heavy atom. The number of carbonyl (C=O) groups excluding carboxylic acids is 1. The van der Waals surface area contributed by atoms with Crippen LogP contribution in [0.25, 0.3) is 11.4 Å². The minimum atomic E-state index is -0.621. The highest BCUT2D eigenvalue weighted by molar-refractivity contribution is 5.97. The van der Waals surface area contributed by atoms with Crippen LogP contribution in [0.2, 0.25) is 0 Å². The molecule has 3 aromatic rings. The van der Waals surface area contributed by atoms with E-state index in [0.29, 0.717) is 13.1 Å². The maximum absolute atomic E-state index is 13.3. The molecule has 0 spiro atoms. The van der Waals surface area contributed by atoms with Crippen molar-refractivity contribution in [1.29, 1.82) is 0 Å². The van der Waals surface area contributed by atoms with Gasteiger partial charge in [0.2, 0.25) is 0 Å². The zero-order valence-corrected chi connectivity index (χ0v) is 18.5. The lowest BCUT2D eigenvalue weighted by atomic mass is 9.85. The first-order chi connectivity index (χ1) is 15.5. The molecule has 3 heterocycles. The first-order valence-corrected chi connectivity index (χ1v) is 11.3. The second-order valence-corrected chi connectivity index (χ2v) is 8.85. The third-order valence-corrected chi connectivity index (χ3v) is 6.90. The van der Waals surface area contributed by atoms with Crippen LogP contribution in [-0.4, -0.2) is 55.9 Å². The number of hydrogen-bond acceptors (Lipinski definition) is 5. The van der Waals surface area contributed by atoms with Gasteiger partial charge in [0.15, 0.2) is 5.82 Å². The molecule has 0 saturated carbocycles. The molecule has 0 aliphatic carbocycles. The minimum absolute atomic E-state index is 0.00975. The lowest BCUT2D eigenvalue weighted by Gasteiger charge is -2.38. The molecular formula is C25H29N5O2. The van der Waals surface area contributed by atoms with Crippen molar-refractivity contribution in [3.63, 3.8) is 0 Å². The number of aliphatic hydroxyl groups is 1. The number of carbonyl (C=O) groups is 1. The largest absolute Gasteiger partial charge is 0.390 e. The van der Waals surface area contributed by atoms with E-state index in [1.807, 2.05) is 36.2 Å². The van der Waals surface area contributed by atoms with Crippen molar-refractivity contribution in [2.75, 3.05) is 13.1 Å². The Kier molecular flexibility index (Phi) is 5.53. The summed E-state index contributed by atoms with van der Waals surface area (Å²) in [6.45, 7) is 3.84. The number of aliphatic hydroxyl groups excluding tert-OH is 1. The van der Waals surface area contributed by atoms with E-state index in [9.17, 15) is 9.90 Å². The van der Waals surface area contributed by atoms with Crippen LogP contribution in [0.3, 0.4) is 0 Å². The van der Waals surface area contributed by atoms with Gasteiger partial charge in [0, 0.05) is 49.8 Å². The summed E-state index contributed by atoms with van der Waals surface area (Å²) >= 11 is 0. The van der Waals surface area contributed by atoms with Crippen molar-refractivity contribution in [2.24, 2.45) is 7.05 Å². The summed E-state index contributed by atoms with van der Waals surface area (Å²) in [7, 11) is 1.87. The number of nitrogens with one attached hydrogen (secondary N) is 1. The van der Waals surface area contributed by atoms with E-state index in [1.54, 1.807) is 4.68 Å². The molecule has 0 saturated heterocycles. The fraction of sp³-hybridized carbons (Fsp3) is 0.400. The van der Waals surface area contributed by atoms with Gasteiger partial charge in [-0.1, -0.05) is 37.3 Å². The second kappa shape index (κ2) is 8.48. The van der Waals surface area contributed by atoms with Crippen LogP contribution in [0.4, 0.5) is 0 Å². The third-order valence-electron chi connectivity index (χ3n) is 6.90. The highest BCUT2D eigenvalue weighted by atomic mass is 16.3. The lowest BCUT2D eigenvalue weighted by molar-refractivity contribution is 0.0484. The molecule has 0 unspecified atom stereocenters. The van der Waals surface area contributed by atoms with Crippen molar-refractivity contribution in [2.45, 2.75) is 44.4 Å². The lowest BCUT2D eigenvalue weighted by Crippen LogP contribution is -2.52. The molecule has 2 aromatic carbocycles. The Bertz CT molecular complexity index is 1140. The Hall–Kier alpha value is -3.03. The molecule has 0 fully saturated rings. The van der Waals surface area contributed by atoms with Gasteiger partial charge in [0.25, 0.3) is 5.91 Å². The number of rotatable bonds is 5. The average molecular weight is 432 g/mol. The van der Waals surface area contributed by atoms with Crippen molar-refractivity contribution in [1.82, 2.24) is 25.0 Å². The first-order valence-electron chi connectivity index (χ1n) is 11.3. The third kappa shape index (κ3) is 3.72. The molecule has 1 aromatic heterocycles. The van der Waals surface area contributed by atoms with Crippen molar-refractivity contribution in [3.05, 3.63) is 71.0 Å². The SMILES string of the molecule is CC[C@H]1CN(C[C@@H](O)[C@@H]2Cc3ccccc3CN2)C(=O)c2ccc(-c3ncnn3C)cc21. The van der Waals surface area contributed by atoms with Crippen LogP contribution >= 0.6 is 0 Å². The molecule has 2 aliphatic heterocycles. The van der Waals surface area contributed by atoms with E-state index in [1.165, 1.54) is 17.5 Å². The molecule has 3 atom stereocenters. The quantitative estimate of drug-likeness (QED) is 0.649. The number of hydrogen-bond donors (Lipinski definition) is 2. The van der Waals surface area contributed by atoms with E-state index in [4.69, 9.17) is 0 Å². The van der Waals surface area contributed by atoms with E-state index in [-0.39, 0.29) is 17.9 Å². The molecular weight excluding hydrogens is 402 g/mol. The summed E-state index contributed by atoms with van der Waals surface area (Å²) in [5.41, 5.74) is 5.31. The summed E-state index contributed by atoms with van der Waals surface area (Å²) in [6, 6.07) is 14.2. The van der Waals surface area contributed by atoms with Gasteiger partial charge in [-0.25, -0.2) is 9.67 Å². The van der Waals surface area contributed by atoms with Gasteiger partial charge in [-0.3, -0.25) is 4.79 Å². The molecule has 0 bridgehead atoms. The molecule has 32 heavy (non-hydrogen) atoms. The number of amides is 1. The van der Waals surface area contributed by atoms with E-state index >= 15 is 0 Å². The summed E-state index contributed by atoms with van der Waals surface area (Å²) in [4.78, 5) is 19.5. The predicted octanol–water partition coefficient (Wildman–Crippen LogP) is 2.51. The maximum Gasteiger partial charge on any atom is 0.254 e. The molecule has 7 nitrogen and oxygen atoms in total.